The summed E-state index contributed by atoms with van der Waals surface area (Å²) in [6.45, 7) is 6.88. The smallest absolute Gasteiger partial charge is 0.393 e. The second kappa shape index (κ2) is 6.00. The Balaban J connectivity index is 2.68. The second-order valence-electron chi connectivity index (χ2n) is 6.97. The molecule has 0 saturated heterocycles. The zero-order valence-electron chi connectivity index (χ0n) is 12.3. The highest BCUT2D eigenvalue weighted by molar-refractivity contribution is 4.89. The summed E-state index contributed by atoms with van der Waals surface area (Å²) in [5.74, 6) is -1.30. The number of hydrogen-bond acceptors (Lipinski definition) is 2. The van der Waals surface area contributed by atoms with Crippen molar-refractivity contribution in [1.29, 1.82) is 0 Å². The van der Waals surface area contributed by atoms with Crippen molar-refractivity contribution in [1.82, 2.24) is 4.90 Å². The summed E-state index contributed by atoms with van der Waals surface area (Å²) in [7, 11) is 1.74. The third kappa shape index (κ3) is 5.30. The number of alkyl halides is 3. The summed E-state index contributed by atoms with van der Waals surface area (Å²) in [5.41, 5.74) is 0.106. The van der Waals surface area contributed by atoms with Crippen molar-refractivity contribution in [2.45, 2.75) is 64.8 Å². The van der Waals surface area contributed by atoms with Crippen LogP contribution in [0.3, 0.4) is 0 Å². The third-order valence-corrected chi connectivity index (χ3v) is 3.99. The van der Waals surface area contributed by atoms with Crippen molar-refractivity contribution in [3.05, 3.63) is 0 Å². The van der Waals surface area contributed by atoms with Crippen molar-refractivity contribution in [2.24, 2.45) is 11.3 Å². The van der Waals surface area contributed by atoms with Gasteiger partial charge >= 0.3 is 6.18 Å². The zero-order chi connectivity index (χ0) is 14.8. The van der Waals surface area contributed by atoms with E-state index in [4.69, 9.17) is 0 Å². The SMILES string of the molecule is CN(CCC(C)(C)C)C1CC(O)CCC1C(F)(F)F. The van der Waals surface area contributed by atoms with Gasteiger partial charge in [0, 0.05) is 6.04 Å². The molecule has 0 radical (unpaired) electrons. The highest BCUT2D eigenvalue weighted by atomic mass is 19.4. The molecular formula is C14H26F3NO. The van der Waals surface area contributed by atoms with Gasteiger partial charge in [-0.2, -0.15) is 13.2 Å². The molecule has 0 heterocycles. The number of rotatable bonds is 3. The lowest BCUT2D eigenvalue weighted by molar-refractivity contribution is -0.203. The van der Waals surface area contributed by atoms with E-state index in [0.717, 1.165) is 6.42 Å². The maximum Gasteiger partial charge on any atom is 0.393 e. The van der Waals surface area contributed by atoms with Crippen LogP contribution in [0.4, 0.5) is 13.2 Å². The van der Waals surface area contributed by atoms with Gasteiger partial charge in [-0.15, -0.1) is 0 Å². The molecule has 0 aromatic heterocycles. The van der Waals surface area contributed by atoms with E-state index < -0.39 is 24.2 Å². The molecule has 1 N–H and O–H groups in total. The molecular weight excluding hydrogens is 255 g/mol. The first-order valence-corrected chi connectivity index (χ1v) is 6.96. The van der Waals surface area contributed by atoms with E-state index in [1.54, 1.807) is 11.9 Å². The van der Waals surface area contributed by atoms with Gasteiger partial charge in [-0.05, 0) is 44.7 Å². The first kappa shape index (κ1) is 16.8. The first-order valence-electron chi connectivity index (χ1n) is 6.96. The van der Waals surface area contributed by atoms with Crippen LogP contribution < -0.4 is 0 Å². The van der Waals surface area contributed by atoms with Crippen molar-refractivity contribution in [3.8, 4) is 0 Å². The summed E-state index contributed by atoms with van der Waals surface area (Å²) >= 11 is 0. The van der Waals surface area contributed by atoms with E-state index in [1.165, 1.54) is 0 Å². The molecule has 3 unspecified atom stereocenters. The highest BCUT2D eigenvalue weighted by Crippen LogP contribution is 2.40. The van der Waals surface area contributed by atoms with E-state index in [-0.39, 0.29) is 24.7 Å². The van der Waals surface area contributed by atoms with E-state index in [9.17, 15) is 18.3 Å². The molecule has 0 bridgehead atoms. The molecule has 1 saturated carbocycles. The molecule has 1 aliphatic rings. The Labute approximate surface area is 114 Å². The van der Waals surface area contributed by atoms with Crippen LogP contribution in [0.25, 0.3) is 0 Å². The Morgan fingerprint density at radius 3 is 2.21 bits per heavy atom. The lowest BCUT2D eigenvalue weighted by atomic mass is 9.81. The maximum atomic E-state index is 13.0. The summed E-state index contributed by atoms with van der Waals surface area (Å²) < 4.78 is 39.1. The minimum atomic E-state index is -4.17. The van der Waals surface area contributed by atoms with E-state index in [0.29, 0.717) is 6.54 Å². The molecule has 2 nitrogen and oxygen atoms in total. The fourth-order valence-corrected chi connectivity index (χ4v) is 2.67. The topological polar surface area (TPSA) is 23.5 Å². The Hall–Kier alpha value is -0.290. The second-order valence-corrected chi connectivity index (χ2v) is 6.97. The van der Waals surface area contributed by atoms with Crippen molar-refractivity contribution < 1.29 is 18.3 Å². The normalized spacial score (nSPS) is 29.8. The molecule has 1 rings (SSSR count). The summed E-state index contributed by atoms with van der Waals surface area (Å²) in [6, 6.07) is -0.592. The molecule has 1 aliphatic carbocycles. The van der Waals surface area contributed by atoms with Gasteiger partial charge in [0.2, 0.25) is 0 Å². The Morgan fingerprint density at radius 1 is 1.16 bits per heavy atom. The van der Waals surface area contributed by atoms with Crippen molar-refractivity contribution in [2.75, 3.05) is 13.6 Å². The van der Waals surface area contributed by atoms with Crippen LogP contribution in [0.1, 0.15) is 46.5 Å². The van der Waals surface area contributed by atoms with Gasteiger partial charge in [0.15, 0.2) is 0 Å². The predicted octanol–water partition coefficient (Wildman–Crippen LogP) is 3.45. The van der Waals surface area contributed by atoms with Crippen LogP contribution in [0.15, 0.2) is 0 Å². The molecule has 0 aromatic carbocycles. The van der Waals surface area contributed by atoms with Crippen LogP contribution in [0, 0.1) is 11.3 Å². The average molecular weight is 281 g/mol. The molecule has 0 spiro atoms. The van der Waals surface area contributed by atoms with E-state index in [2.05, 4.69) is 20.8 Å². The Bertz CT molecular complexity index is 285. The molecule has 0 amide bonds. The number of hydrogen-bond donors (Lipinski definition) is 1. The number of aliphatic hydroxyl groups excluding tert-OH is 1. The number of aliphatic hydroxyl groups is 1. The van der Waals surface area contributed by atoms with Crippen molar-refractivity contribution in [3.63, 3.8) is 0 Å². The fourth-order valence-electron chi connectivity index (χ4n) is 2.67. The van der Waals surface area contributed by atoms with Crippen LogP contribution in [0.5, 0.6) is 0 Å². The quantitative estimate of drug-likeness (QED) is 0.856. The fraction of sp³-hybridized carbons (Fsp3) is 1.00. The summed E-state index contributed by atoms with van der Waals surface area (Å²) in [4.78, 5) is 1.78. The standard InChI is InChI=1S/C14H26F3NO/c1-13(2,3)7-8-18(4)12-9-10(19)5-6-11(12)14(15,16)17/h10-12,19H,5-9H2,1-4H3. The van der Waals surface area contributed by atoms with Gasteiger partial charge in [0.25, 0.3) is 0 Å². The molecule has 5 heteroatoms. The highest BCUT2D eigenvalue weighted by Gasteiger charge is 2.48. The minimum absolute atomic E-state index is 0.0369. The lowest BCUT2D eigenvalue weighted by Gasteiger charge is -2.41. The Morgan fingerprint density at radius 2 is 1.74 bits per heavy atom. The van der Waals surface area contributed by atoms with Gasteiger partial charge in [-0.3, -0.25) is 0 Å². The maximum absolute atomic E-state index is 13.0. The van der Waals surface area contributed by atoms with Crippen LogP contribution >= 0.6 is 0 Å². The summed E-state index contributed by atoms with van der Waals surface area (Å²) in [6.07, 6.45) is -3.39. The molecule has 0 aliphatic heterocycles. The van der Waals surface area contributed by atoms with E-state index in [1.807, 2.05) is 0 Å². The molecule has 0 aromatic rings. The van der Waals surface area contributed by atoms with E-state index >= 15 is 0 Å². The van der Waals surface area contributed by atoms with Gasteiger partial charge in [-0.1, -0.05) is 20.8 Å². The lowest BCUT2D eigenvalue weighted by Crippen LogP contribution is -2.49. The number of nitrogens with zero attached hydrogens (tertiary/aromatic N) is 1. The largest absolute Gasteiger partial charge is 0.393 e. The van der Waals surface area contributed by atoms with Gasteiger partial charge in [0.1, 0.15) is 0 Å². The summed E-state index contributed by atoms with van der Waals surface area (Å²) in [5, 5.41) is 9.65. The number of halogens is 3. The van der Waals surface area contributed by atoms with Crippen LogP contribution in [-0.2, 0) is 0 Å². The van der Waals surface area contributed by atoms with Crippen molar-refractivity contribution >= 4 is 0 Å². The zero-order valence-corrected chi connectivity index (χ0v) is 12.3. The third-order valence-electron chi connectivity index (χ3n) is 3.99. The molecule has 114 valence electrons. The predicted molar refractivity (Wildman–Crippen MR) is 69.9 cm³/mol. The van der Waals surface area contributed by atoms with Gasteiger partial charge < -0.3 is 10.0 Å². The average Bonchev–Trinajstić information content (AvgIpc) is 2.23. The minimum Gasteiger partial charge on any atom is -0.393 e. The molecule has 19 heavy (non-hydrogen) atoms. The van der Waals surface area contributed by atoms with Crippen LogP contribution in [0.2, 0.25) is 0 Å². The first-order chi connectivity index (χ1) is 8.50. The molecule has 3 atom stereocenters. The van der Waals surface area contributed by atoms with Gasteiger partial charge in [0.05, 0.1) is 12.0 Å². The van der Waals surface area contributed by atoms with Crippen LogP contribution in [-0.4, -0.2) is 41.9 Å². The van der Waals surface area contributed by atoms with Gasteiger partial charge in [-0.25, -0.2) is 0 Å². The monoisotopic (exact) mass is 281 g/mol. The molecule has 1 fully saturated rings. The Kier molecular flexibility index (Phi) is 5.29.